The van der Waals surface area contributed by atoms with Gasteiger partial charge in [-0.1, -0.05) is 6.07 Å². The summed E-state index contributed by atoms with van der Waals surface area (Å²) in [5, 5.41) is 10.5. The number of methoxy groups -OCH3 is 1. The largest absolute Gasteiger partial charge is 0.493 e. The Labute approximate surface area is 126 Å². The molecule has 21 heavy (non-hydrogen) atoms. The molecular weight excluding hydrogens is 266 g/mol. The molecule has 0 radical (unpaired) electrons. The van der Waals surface area contributed by atoms with Crippen LogP contribution in [0.2, 0.25) is 0 Å². The second-order valence-corrected chi connectivity index (χ2v) is 6.05. The van der Waals surface area contributed by atoms with Crippen LogP contribution in [-0.2, 0) is 6.42 Å². The number of hydrogen-bond donors (Lipinski definition) is 1. The molecule has 3 saturated heterocycles. The summed E-state index contributed by atoms with van der Waals surface area (Å²) in [7, 11) is 1.67. The number of hydrogen-bond acceptors (Lipinski definition) is 4. The van der Waals surface area contributed by atoms with Crippen molar-refractivity contribution in [2.45, 2.75) is 38.3 Å². The fourth-order valence-electron chi connectivity index (χ4n) is 3.73. The smallest absolute Gasteiger partial charge is 0.161 e. The number of rotatable bonds is 5. The number of aliphatic hydroxyl groups excluding tert-OH is 1. The maximum Gasteiger partial charge on any atom is 0.161 e. The zero-order valence-corrected chi connectivity index (χ0v) is 12.9. The third kappa shape index (κ3) is 2.87. The summed E-state index contributed by atoms with van der Waals surface area (Å²) in [6, 6.07) is 6.35. The number of fused-ring (bicyclic) bond motifs is 3. The zero-order valence-electron chi connectivity index (χ0n) is 12.9. The van der Waals surface area contributed by atoms with E-state index < -0.39 is 0 Å². The van der Waals surface area contributed by atoms with Gasteiger partial charge in [-0.15, -0.1) is 0 Å². The van der Waals surface area contributed by atoms with Crippen LogP contribution in [-0.4, -0.2) is 49.0 Å². The lowest BCUT2D eigenvalue weighted by molar-refractivity contribution is -0.0715. The lowest BCUT2D eigenvalue weighted by atomic mass is 9.78. The summed E-state index contributed by atoms with van der Waals surface area (Å²) >= 11 is 0. The topological polar surface area (TPSA) is 41.9 Å². The second kappa shape index (κ2) is 6.24. The van der Waals surface area contributed by atoms with E-state index in [9.17, 15) is 5.11 Å². The molecule has 0 aliphatic carbocycles. The monoisotopic (exact) mass is 291 g/mol. The summed E-state index contributed by atoms with van der Waals surface area (Å²) in [4.78, 5) is 2.44. The zero-order chi connectivity index (χ0) is 14.8. The number of aliphatic hydroxyl groups is 1. The van der Waals surface area contributed by atoms with Gasteiger partial charge >= 0.3 is 0 Å². The van der Waals surface area contributed by atoms with Gasteiger partial charge in [-0.25, -0.2) is 0 Å². The summed E-state index contributed by atoms with van der Waals surface area (Å²) in [5.41, 5.74) is 1.20. The number of piperidine rings is 3. The van der Waals surface area contributed by atoms with Crippen molar-refractivity contribution in [2.24, 2.45) is 5.92 Å². The van der Waals surface area contributed by atoms with Crippen molar-refractivity contribution in [1.82, 2.24) is 4.90 Å². The summed E-state index contributed by atoms with van der Waals surface area (Å²) in [6.45, 7) is 4.85. The minimum Gasteiger partial charge on any atom is -0.493 e. The highest BCUT2D eigenvalue weighted by molar-refractivity contribution is 5.43. The molecule has 0 aromatic heterocycles. The van der Waals surface area contributed by atoms with Gasteiger partial charge in [0, 0.05) is 6.04 Å². The van der Waals surface area contributed by atoms with E-state index in [2.05, 4.69) is 11.0 Å². The third-order valence-electron chi connectivity index (χ3n) is 4.89. The maximum absolute atomic E-state index is 10.5. The van der Waals surface area contributed by atoms with E-state index in [1.165, 1.54) is 5.56 Å². The number of nitrogens with zero attached hydrogens (tertiary/aromatic N) is 1. The van der Waals surface area contributed by atoms with Gasteiger partial charge in [-0.2, -0.15) is 0 Å². The van der Waals surface area contributed by atoms with Crippen molar-refractivity contribution >= 4 is 0 Å². The first-order chi connectivity index (χ1) is 10.2. The van der Waals surface area contributed by atoms with Crippen LogP contribution in [0.1, 0.15) is 25.3 Å². The molecule has 4 rings (SSSR count). The lowest BCUT2D eigenvalue weighted by Gasteiger charge is -2.49. The highest BCUT2D eigenvalue weighted by atomic mass is 16.5. The average Bonchev–Trinajstić information content (AvgIpc) is 2.53. The van der Waals surface area contributed by atoms with Crippen molar-refractivity contribution in [2.75, 3.05) is 26.8 Å². The average molecular weight is 291 g/mol. The predicted molar refractivity (Wildman–Crippen MR) is 82.0 cm³/mol. The molecule has 0 saturated carbocycles. The van der Waals surface area contributed by atoms with Gasteiger partial charge in [0.25, 0.3) is 0 Å². The van der Waals surface area contributed by atoms with E-state index in [0.29, 0.717) is 12.5 Å². The van der Waals surface area contributed by atoms with Crippen LogP contribution in [0.15, 0.2) is 18.2 Å². The molecule has 1 N–H and O–H groups in total. The fourth-order valence-corrected chi connectivity index (χ4v) is 3.73. The first-order valence-corrected chi connectivity index (χ1v) is 7.94. The minimum atomic E-state index is -0.190. The van der Waals surface area contributed by atoms with Gasteiger partial charge in [-0.3, -0.25) is 4.90 Å². The molecule has 3 aliphatic heterocycles. The van der Waals surface area contributed by atoms with Crippen molar-refractivity contribution < 1.29 is 14.6 Å². The van der Waals surface area contributed by atoms with Crippen LogP contribution in [0, 0.1) is 5.92 Å². The van der Waals surface area contributed by atoms with Crippen LogP contribution in [0.4, 0.5) is 0 Å². The molecule has 2 atom stereocenters. The van der Waals surface area contributed by atoms with Crippen LogP contribution in [0.5, 0.6) is 11.5 Å². The number of benzene rings is 1. The van der Waals surface area contributed by atoms with Gasteiger partial charge in [0.2, 0.25) is 0 Å². The molecule has 2 unspecified atom stereocenters. The van der Waals surface area contributed by atoms with Crippen molar-refractivity contribution in [3.8, 4) is 11.5 Å². The second-order valence-electron chi connectivity index (χ2n) is 6.05. The van der Waals surface area contributed by atoms with Crippen molar-refractivity contribution in [3.05, 3.63) is 23.8 Å². The van der Waals surface area contributed by atoms with Crippen molar-refractivity contribution in [3.63, 3.8) is 0 Å². The van der Waals surface area contributed by atoms with E-state index in [4.69, 9.17) is 9.47 Å². The Morgan fingerprint density at radius 1 is 1.24 bits per heavy atom. The highest BCUT2D eigenvalue weighted by Crippen LogP contribution is 2.35. The standard InChI is InChI=1S/C17H25NO3/c1-3-21-15-5-4-12(11-16(15)20-2)10-14-17(19)13-6-8-18(14)9-7-13/h4-5,11,13-14,17,19H,3,6-10H2,1-2H3. The van der Waals surface area contributed by atoms with E-state index in [0.717, 1.165) is 43.9 Å². The Kier molecular flexibility index (Phi) is 4.36. The third-order valence-corrected chi connectivity index (χ3v) is 4.89. The summed E-state index contributed by atoms with van der Waals surface area (Å²) in [6.07, 6.45) is 2.97. The Hall–Kier alpha value is -1.26. The van der Waals surface area contributed by atoms with Gasteiger partial charge < -0.3 is 14.6 Å². The van der Waals surface area contributed by atoms with Crippen molar-refractivity contribution in [1.29, 1.82) is 0 Å². The van der Waals surface area contributed by atoms with E-state index in [1.807, 2.05) is 19.1 Å². The van der Waals surface area contributed by atoms with Crippen LogP contribution in [0.3, 0.4) is 0 Å². The normalized spacial score (nSPS) is 31.2. The Morgan fingerprint density at radius 2 is 2.00 bits per heavy atom. The van der Waals surface area contributed by atoms with E-state index in [1.54, 1.807) is 7.11 Å². The quantitative estimate of drug-likeness (QED) is 0.902. The Balaban J connectivity index is 1.75. The molecule has 4 heteroatoms. The molecule has 3 aliphatic rings. The predicted octanol–water partition coefficient (Wildman–Crippen LogP) is 2.09. The SMILES string of the molecule is CCOc1ccc(CC2C(O)C3CCN2CC3)cc1OC. The van der Waals surface area contributed by atoms with Crippen LogP contribution < -0.4 is 9.47 Å². The molecule has 1 aromatic carbocycles. The van der Waals surface area contributed by atoms with Gasteiger partial charge in [0.1, 0.15) is 0 Å². The summed E-state index contributed by atoms with van der Waals surface area (Å²) < 4.78 is 11.0. The molecule has 116 valence electrons. The molecule has 0 amide bonds. The minimum absolute atomic E-state index is 0.190. The summed E-state index contributed by atoms with van der Waals surface area (Å²) in [5.74, 6) is 2.05. The molecule has 3 fully saturated rings. The van der Waals surface area contributed by atoms with Crippen LogP contribution in [0.25, 0.3) is 0 Å². The fraction of sp³-hybridized carbons (Fsp3) is 0.647. The first-order valence-electron chi connectivity index (χ1n) is 7.94. The molecule has 1 aromatic rings. The first kappa shape index (κ1) is 14.7. The molecule has 2 bridgehead atoms. The molecule has 3 heterocycles. The molecule has 0 spiro atoms. The highest BCUT2D eigenvalue weighted by Gasteiger charge is 2.40. The van der Waals surface area contributed by atoms with E-state index in [-0.39, 0.29) is 12.1 Å². The molecular formula is C17H25NO3. The van der Waals surface area contributed by atoms with E-state index >= 15 is 0 Å². The van der Waals surface area contributed by atoms with Gasteiger partial charge in [-0.05, 0) is 62.9 Å². The Bertz CT molecular complexity index is 481. The lowest BCUT2D eigenvalue weighted by Crippen LogP contribution is -2.58. The van der Waals surface area contributed by atoms with Gasteiger partial charge in [0.05, 0.1) is 19.8 Å². The number of ether oxygens (including phenoxy) is 2. The Morgan fingerprint density at radius 3 is 2.62 bits per heavy atom. The van der Waals surface area contributed by atoms with Crippen LogP contribution >= 0.6 is 0 Å². The van der Waals surface area contributed by atoms with Gasteiger partial charge in [0.15, 0.2) is 11.5 Å². The maximum atomic E-state index is 10.5. The molecule has 4 nitrogen and oxygen atoms in total.